The third-order valence-electron chi connectivity index (χ3n) is 5.38. The van der Waals surface area contributed by atoms with Crippen LogP contribution in [-0.4, -0.2) is 64.2 Å². The summed E-state index contributed by atoms with van der Waals surface area (Å²) in [5.74, 6) is 0.620. The zero-order chi connectivity index (χ0) is 23.2. The van der Waals surface area contributed by atoms with Gasteiger partial charge in [-0.2, -0.15) is 0 Å². The van der Waals surface area contributed by atoms with Crippen LogP contribution in [0.25, 0.3) is 22.2 Å². The maximum Gasteiger partial charge on any atom is 0.255 e. The van der Waals surface area contributed by atoms with Crippen molar-refractivity contribution in [2.24, 2.45) is 7.05 Å². The van der Waals surface area contributed by atoms with Gasteiger partial charge in [-0.1, -0.05) is 27.9 Å². The van der Waals surface area contributed by atoms with E-state index in [1.807, 2.05) is 36.7 Å². The standard InChI is InChI=1S/C21H15B4N5O2/c1-9-26-8-13(30(9)2)10-4-5-12-11(6-10)7-14(29-28-12)27-21(31)15-16(22)18(24)20(32-3)19(25)17(15)23/h4-8H,1-3H3,(H,27,29,31). The van der Waals surface area contributed by atoms with Crippen LogP contribution in [0, 0.1) is 6.92 Å². The van der Waals surface area contributed by atoms with Crippen LogP contribution in [0.5, 0.6) is 5.75 Å². The second-order valence-corrected chi connectivity index (χ2v) is 7.27. The lowest BCUT2D eigenvalue weighted by Gasteiger charge is -2.20. The lowest BCUT2D eigenvalue weighted by atomic mass is 9.66. The molecule has 7 nitrogen and oxygen atoms in total. The summed E-state index contributed by atoms with van der Waals surface area (Å²) in [6, 6.07) is 7.44. The van der Waals surface area contributed by atoms with Crippen LogP contribution in [0.1, 0.15) is 16.2 Å². The molecule has 0 aliphatic heterocycles. The summed E-state index contributed by atoms with van der Waals surface area (Å²) in [4.78, 5) is 17.3. The number of nitrogens with zero attached hydrogens (tertiary/aromatic N) is 4. The highest BCUT2D eigenvalue weighted by molar-refractivity contribution is 6.61. The van der Waals surface area contributed by atoms with Crippen LogP contribution >= 0.6 is 0 Å². The lowest BCUT2D eigenvalue weighted by molar-refractivity contribution is 0.102. The van der Waals surface area contributed by atoms with Crippen molar-refractivity contribution in [2.75, 3.05) is 12.4 Å². The fourth-order valence-corrected chi connectivity index (χ4v) is 3.48. The minimum Gasteiger partial charge on any atom is -0.498 e. The number of methoxy groups -OCH3 is 1. The fourth-order valence-electron chi connectivity index (χ4n) is 3.48. The first kappa shape index (κ1) is 21.7. The number of imidazole rings is 1. The van der Waals surface area contributed by atoms with Crippen LogP contribution in [0.15, 0.2) is 30.5 Å². The van der Waals surface area contributed by atoms with Gasteiger partial charge in [0.1, 0.15) is 43.0 Å². The quantitative estimate of drug-likeness (QED) is 0.425. The molecule has 0 bridgehead atoms. The van der Waals surface area contributed by atoms with E-state index in [1.165, 1.54) is 7.11 Å². The highest BCUT2D eigenvalue weighted by Crippen LogP contribution is 2.24. The number of rotatable bonds is 4. The molecule has 0 aliphatic carbocycles. The van der Waals surface area contributed by atoms with Crippen LogP contribution in [-0.2, 0) is 7.05 Å². The number of carbonyl (C=O) groups is 1. The van der Waals surface area contributed by atoms with Gasteiger partial charge >= 0.3 is 0 Å². The Kier molecular flexibility index (Phi) is 5.59. The SMILES string of the molecule is [B]c1c([B])c(C(=O)Nc2cc3cc(-c4cnc(C)n4C)ccc3nn2)c([B])c([B])c1OC. The molecule has 2 aromatic carbocycles. The smallest absolute Gasteiger partial charge is 0.255 e. The molecule has 0 spiro atoms. The zero-order valence-corrected chi connectivity index (χ0v) is 17.8. The number of benzene rings is 2. The third-order valence-corrected chi connectivity index (χ3v) is 5.38. The molecule has 11 heteroatoms. The van der Waals surface area contributed by atoms with Gasteiger partial charge in [0.05, 0.1) is 24.5 Å². The van der Waals surface area contributed by atoms with E-state index in [-0.39, 0.29) is 39.0 Å². The van der Waals surface area contributed by atoms with E-state index in [9.17, 15) is 4.79 Å². The number of hydrogen-bond donors (Lipinski definition) is 1. The van der Waals surface area contributed by atoms with Crippen LogP contribution in [0.3, 0.4) is 0 Å². The summed E-state index contributed by atoms with van der Waals surface area (Å²) in [7, 11) is 27.3. The molecule has 2 aromatic heterocycles. The first-order valence-electron chi connectivity index (χ1n) is 9.60. The van der Waals surface area contributed by atoms with Gasteiger partial charge in [0.15, 0.2) is 5.82 Å². The molecule has 32 heavy (non-hydrogen) atoms. The monoisotopic (exact) mass is 413 g/mol. The molecule has 148 valence electrons. The molecular formula is C21H15B4N5O2. The van der Waals surface area contributed by atoms with Crippen molar-refractivity contribution in [3.8, 4) is 17.0 Å². The van der Waals surface area contributed by atoms with Crippen molar-refractivity contribution >= 4 is 75.9 Å². The largest absolute Gasteiger partial charge is 0.498 e. The normalized spacial score (nSPS) is 11.0. The molecule has 0 fully saturated rings. The Morgan fingerprint density at radius 1 is 1.03 bits per heavy atom. The number of aryl methyl sites for hydroxylation is 1. The van der Waals surface area contributed by atoms with Gasteiger partial charge in [0, 0.05) is 23.6 Å². The van der Waals surface area contributed by atoms with Gasteiger partial charge in [-0.3, -0.25) is 4.79 Å². The molecule has 4 rings (SSSR count). The highest BCUT2D eigenvalue weighted by atomic mass is 16.5. The number of fused-ring (bicyclic) bond motifs is 1. The number of carbonyl (C=O) groups excluding carboxylic acids is 1. The highest BCUT2D eigenvalue weighted by Gasteiger charge is 2.19. The second kappa shape index (κ2) is 8.22. The van der Waals surface area contributed by atoms with Gasteiger partial charge < -0.3 is 14.6 Å². The molecule has 4 aromatic rings. The molecule has 0 saturated heterocycles. The van der Waals surface area contributed by atoms with E-state index in [2.05, 4.69) is 20.5 Å². The average molecular weight is 413 g/mol. The van der Waals surface area contributed by atoms with Crippen molar-refractivity contribution < 1.29 is 9.53 Å². The van der Waals surface area contributed by atoms with Crippen molar-refractivity contribution in [3.05, 3.63) is 41.9 Å². The second-order valence-electron chi connectivity index (χ2n) is 7.27. The number of anilines is 1. The van der Waals surface area contributed by atoms with Crippen molar-refractivity contribution in [1.82, 2.24) is 19.7 Å². The van der Waals surface area contributed by atoms with Crippen molar-refractivity contribution in [1.29, 1.82) is 0 Å². The molecule has 0 unspecified atom stereocenters. The first-order chi connectivity index (χ1) is 15.2. The molecule has 0 saturated carbocycles. The van der Waals surface area contributed by atoms with Crippen LogP contribution in [0.4, 0.5) is 5.82 Å². The fraction of sp³-hybridized carbons (Fsp3) is 0.143. The van der Waals surface area contributed by atoms with Crippen LogP contribution in [0.2, 0.25) is 0 Å². The Balaban J connectivity index is 1.71. The maximum atomic E-state index is 12.9. The Morgan fingerprint density at radius 3 is 2.31 bits per heavy atom. The van der Waals surface area contributed by atoms with Gasteiger partial charge in [-0.05, 0) is 25.1 Å². The molecule has 0 atom stereocenters. The average Bonchev–Trinajstić information content (AvgIpc) is 3.11. The number of amides is 1. The minimum atomic E-state index is -0.617. The Labute approximate surface area is 190 Å². The van der Waals surface area contributed by atoms with Crippen molar-refractivity contribution in [2.45, 2.75) is 6.92 Å². The minimum absolute atomic E-state index is 0.0325. The van der Waals surface area contributed by atoms with Crippen molar-refractivity contribution in [3.63, 3.8) is 0 Å². The predicted octanol–water partition coefficient (Wildman–Crippen LogP) is -1.23. The Bertz CT molecular complexity index is 1360. The van der Waals surface area contributed by atoms with Gasteiger partial charge in [0.2, 0.25) is 0 Å². The number of hydrogen-bond acceptors (Lipinski definition) is 5. The molecule has 1 N–H and O–H groups in total. The molecule has 0 aliphatic rings. The Morgan fingerprint density at radius 2 is 1.72 bits per heavy atom. The van der Waals surface area contributed by atoms with Crippen LogP contribution < -0.4 is 31.9 Å². The van der Waals surface area contributed by atoms with Gasteiger partial charge in [-0.15, -0.1) is 10.2 Å². The summed E-state index contributed by atoms with van der Waals surface area (Å²) in [5, 5.41) is 11.7. The molecular weight excluding hydrogens is 398 g/mol. The van der Waals surface area contributed by atoms with E-state index >= 15 is 0 Å². The summed E-state index contributed by atoms with van der Waals surface area (Å²) in [5.41, 5.74) is 2.52. The van der Waals surface area contributed by atoms with E-state index in [1.54, 1.807) is 12.3 Å². The summed E-state index contributed by atoms with van der Waals surface area (Å²) in [6.07, 6.45) is 1.80. The first-order valence-corrected chi connectivity index (χ1v) is 9.60. The summed E-state index contributed by atoms with van der Waals surface area (Å²) < 4.78 is 7.11. The van der Waals surface area contributed by atoms with E-state index in [0.29, 0.717) is 5.52 Å². The summed E-state index contributed by atoms with van der Waals surface area (Å²) in [6.45, 7) is 1.93. The Hall–Kier alpha value is -3.48. The maximum absolute atomic E-state index is 12.9. The number of ether oxygens (including phenoxy) is 1. The number of nitrogens with one attached hydrogen (secondary N) is 1. The molecule has 8 radical (unpaired) electrons. The summed E-state index contributed by atoms with van der Waals surface area (Å²) >= 11 is 0. The van der Waals surface area contributed by atoms with Gasteiger partial charge in [0.25, 0.3) is 5.91 Å². The number of aromatic nitrogens is 4. The molecule has 1 amide bonds. The third kappa shape index (κ3) is 3.57. The predicted molar refractivity (Wildman–Crippen MR) is 129 cm³/mol. The van der Waals surface area contributed by atoms with Gasteiger partial charge in [-0.25, -0.2) is 4.98 Å². The van der Waals surface area contributed by atoms with E-state index < -0.39 is 5.91 Å². The zero-order valence-electron chi connectivity index (χ0n) is 17.8. The molecule has 2 heterocycles. The van der Waals surface area contributed by atoms with E-state index in [0.717, 1.165) is 22.5 Å². The van der Waals surface area contributed by atoms with E-state index in [4.69, 9.17) is 36.1 Å². The lowest BCUT2D eigenvalue weighted by Crippen LogP contribution is -2.47. The topological polar surface area (TPSA) is 81.9 Å².